The molecule has 0 radical (unpaired) electrons. The highest BCUT2D eigenvalue weighted by Gasteiger charge is 2.39. The smallest absolute Gasteiger partial charge is 0.144 e. The molecule has 0 saturated heterocycles. The van der Waals surface area contributed by atoms with E-state index in [0.717, 1.165) is 50.7 Å². The van der Waals surface area contributed by atoms with Crippen LogP contribution in [0.4, 0.5) is 0 Å². The van der Waals surface area contributed by atoms with E-state index >= 15 is 0 Å². The van der Waals surface area contributed by atoms with Crippen LogP contribution in [0.15, 0.2) is 109 Å². The van der Waals surface area contributed by atoms with Crippen LogP contribution in [-0.2, 0) is 16.9 Å². The zero-order chi connectivity index (χ0) is 25.2. The van der Waals surface area contributed by atoms with Gasteiger partial charge in [-0.15, -0.1) is 0 Å². The molecule has 1 heterocycles. The molecule has 0 bridgehead atoms. The van der Waals surface area contributed by atoms with Gasteiger partial charge in [0.2, 0.25) is 0 Å². The Morgan fingerprint density at radius 1 is 0.703 bits per heavy atom. The second-order valence-corrected chi connectivity index (χ2v) is 9.87. The van der Waals surface area contributed by atoms with Gasteiger partial charge in [-0.1, -0.05) is 91.0 Å². The Labute approximate surface area is 217 Å². The lowest BCUT2D eigenvalue weighted by Gasteiger charge is -2.36. The molecule has 1 aliphatic carbocycles. The fourth-order valence-electron chi connectivity index (χ4n) is 6.20. The zero-order valence-corrected chi connectivity index (χ0v) is 20.7. The molecular formula is C33H31NO3. The number of fused-ring (bicyclic) bond motifs is 3. The molecule has 3 N–H and O–H groups in total. The Bertz CT molecular complexity index is 1380. The van der Waals surface area contributed by atoms with Crippen LogP contribution in [0, 0.1) is 0 Å². The summed E-state index contributed by atoms with van der Waals surface area (Å²) in [5, 5.41) is 21.6. The topological polar surface area (TPSA) is 65.5 Å². The van der Waals surface area contributed by atoms with E-state index in [1.807, 2.05) is 24.4 Å². The van der Waals surface area contributed by atoms with Gasteiger partial charge in [-0.3, -0.25) is 0 Å². The van der Waals surface area contributed by atoms with Crippen molar-refractivity contribution in [2.75, 3.05) is 13.2 Å². The van der Waals surface area contributed by atoms with Gasteiger partial charge in [0.1, 0.15) is 5.60 Å². The molecule has 37 heavy (non-hydrogen) atoms. The summed E-state index contributed by atoms with van der Waals surface area (Å²) in [7, 11) is 0. The third-order valence-electron chi connectivity index (χ3n) is 7.83. The fraction of sp³-hybridized carbons (Fsp3) is 0.212. The predicted octanol–water partition coefficient (Wildman–Crippen LogP) is 6.23. The molecule has 1 aromatic heterocycles. The molecule has 4 aromatic carbocycles. The van der Waals surface area contributed by atoms with Crippen LogP contribution in [0.2, 0.25) is 0 Å². The first-order valence-electron chi connectivity index (χ1n) is 12.9. The Morgan fingerprint density at radius 2 is 1.22 bits per heavy atom. The van der Waals surface area contributed by atoms with E-state index in [2.05, 4.69) is 89.9 Å². The van der Waals surface area contributed by atoms with Gasteiger partial charge in [-0.25, -0.2) is 0 Å². The van der Waals surface area contributed by atoms with Crippen LogP contribution in [0.1, 0.15) is 51.6 Å². The number of hydrogen-bond donors (Lipinski definition) is 3. The second-order valence-electron chi connectivity index (χ2n) is 9.87. The summed E-state index contributed by atoms with van der Waals surface area (Å²) in [6.45, 7) is 0.463. The number of H-pyrrole nitrogens is 1. The second kappa shape index (κ2) is 9.98. The highest BCUT2D eigenvalue weighted by molar-refractivity contribution is 5.86. The van der Waals surface area contributed by atoms with Crippen molar-refractivity contribution in [1.82, 2.24) is 4.98 Å². The number of benzene rings is 4. The van der Waals surface area contributed by atoms with Gasteiger partial charge in [-0.2, -0.15) is 0 Å². The van der Waals surface area contributed by atoms with E-state index in [1.165, 1.54) is 0 Å². The normalized spacial score (nSPS) is 17.2. The first-order chi connectivity index (χ1) is 18.3. The van der Waals surface area contributed by atoms with Crippen molar-refractivity contribution in [3.05, 3.63) is 143 Å². The SMILES string of the molecule is OC[C@@H]1C[C@H](CO)c2c1c(COC(c1ccccc1)(c1ccccc1)c1ccccc1)cc1cc[nH]c21. The highest BCUT2D eigenvalue weighted by Crippen LogP contribution is 2.48. The lowest BCUT2D eigenvalue weighted by molar-refractivity contribution is -0.000196. The molecule has 4 nitrogen and oxygen atoms in total. The fourth-order valence-corrected chi connectivity index (χ4v) is 6.20. The van der Waals surface area contributed by atoms with Crippen LogP contribution in [-0.4, -0.2) is 28.4 Å². The van der Waals surface area contributed by atoms with Crippen LogP contribution in [0.5, 0.6) is 0 Å². The zero-order valence-electron chi connectivity index (χ0n) is 20.7. The standard InChI is InChI=1S/C33H31NO3/c35-20-24-19-25(21-36)31-30(24)26(18-23-16-17-34-32(23)31)22-37-33(27-10-4-1-5-11-27,28-12-6-2-7-13-28)29-14-8-3-9-15-29/h1-18,24-25,34-36H,19-22H2/t24-,25+/m0/s1. The summed E-state index contributed by atoms with van der Waals surface area (Å²) in [6.07, 6.45) is 2.67. The summed E-state index contributed by atoms with van der Waals surface area (Å²) < 4.78 is 7.13. The molecule has 0 saturated carbocycles. The van der Waals surface area contributed by atoms with Gasteiger partial charge >= 0.3 is 0 Å². The van der Waals surface area contributed by atoms with Crippen molar-refractivity contribution in [3.63, 3.8) is 0 Å². The monoisotopic (exact) mass is 489 g/mol. The highest BCUT2D eigenvalue weighted by atomic mass is 16.5. The molecule has 6 rings (SSSR count). The van der Waals surface area contributed by atoms with Crippen molar-refractivity contribution in [1.29, 1.82) is 0 Å². The quantitative estimate of drug-likeness (QED) is 0.226. The third kappa shape index (κ3) is 3.98. The third-order valence-corrected chi connectivity index (χ3v) is 7.83. The summed E-state index contributed by atoms with van der Waals surface area (Å²) >= 11 is 0. The van der Waals surface area contributed by atoms with Crippen LogP contribution in [0.25, 0.3) is 10.9 Å². The molecule has 5 aromatic rings. The Hall–Kier alpha value is -3.70. The number of aliphatic hydroxyl groups is 2. The van der Waals surface area contributed by atoms with E-state index < -0.39 is 5.60 Å². The lowest BCUT2D eigenvalue weighted by Crippen LogP contribution is -2.33. The van der Waals surface area contributed by atoms with Gasteiger partial charge < -0.3 is 19.9 Å². The lowest BCUT2D eigenvalue weighted by atomic mass is 9.80. The maximum Gasteiger partial charge on any atom is 0.144 e. The van der Waals surface area contributed by atoms with Gasteiger partial charge in [0.25, 0.3) is 0 Å². The van der Waals surface area contributed by atoms with Crippen molar-refractivity contribution in [2.45, 2.75) is 30.5 Å². The average molecular weight is 490 g/mol. The number of aromatic amines is 1. The maximum absolute atomic E-state index is 10.3. The number of rotatable bonds is 8. The Kier molecular flexibility index (Phi) is 6.39. The molecule has 0 spiro atoms. The minimum Gasteiger partial charge on any atom is -0.396 e. The van der Waals surface area contributed by atoms with Gasteiger partial charge in [-0.05, 0) is 51.9 Å². The number of nitrogens with one attached hydrogen (secondary N) is 1. The van der Waals surface area contributed by atoms with E-state index in [-0.39, 0.29) is 25.0 Å². The number of aliphatic hydroxyl groups excluding tert-OH is 2. The molecule has 0 amide bonds. The van der Waals surface area contributed by atoms with Gasteiger partial charge in [0.05, 0.1) is 13.2 Å². The largest absolute Gasteiger partial charge is 0.396 e. The Balaban J connectivity index is 1.53. The number of hydrogen-bond acceptors (Lipinski definition) is 3. The van der Waals surface area contributed by atoms with Crippen molar-refractivity contribution < 1.29 is 14.9 Å². The molecule has 0 aliphatic heterocycles. The molecule has 4 heteroatoms. The summed E-state index contributed by atoms with van der Waals surface area (Å²) in [5.74, 6) is -0.0339. The van der Waals surface area contributed by atoms with Crippen LogP contribution >= 0.6 is 0 Å². The summed E-state index contributed by atoms with van der Waals surface area (Å²) in [6, 6.07) is 35.4. The van der Waals surface area contributed by atoms with Crippen LogP contribution < -0.4 is 0 Å². The molecular weight excluding hydrogens is 458 g/mol. The first kappa shape index (κ1) is 23.7. The van der Waals surface area contributed by atoms with E-state index in [1.54, 1.807) is 0 Å². The van der Waals surface area contributed by atoms with Gasteiger partial charge in [0.15, 0.2) is 0 Å². The molecule has 0 fully saturated rings. The summed E-state index contributed by atoms with van der Waals surface area (Å²) in [4.78, 5) is 3.37. The van der Waals surface area contributed by atoms with E-state index in [0.29, 0.717) is 6.61 Å². The first-order valence-corrected chi connectivity index (χ1v) is 12.9. The predicted molar refractivity (Wildman–Crippen MR) is 147 cm³/mol. The van der Waals surface area contributed by atoms with E-state index in [9.17, 15) is 10.2 Å². The van der Waals surface area contributed by atoms with Crippen LogP contribution in [0.3, 0.4) is 0 Å². The summed E-state index contributed by atoms with van der Waals surface area (Å²) in [5.41, 5.74) is 6.68. The maximum atomic E-state index is 10.3. The van der Waals surface area contributed by atoms with Crippen molar-refractivity contribution in [3.8, 4) is 0 Å². The molecule has 0 unspecified atom stereocenters. The number of ether oxygens (including phenoxy) is 1. The van der Waals surface area contributed by atoms with Crippen molar-refractivity contribution in [2.24, 2.45) is 0 Å². The minimum absolute atomic E-state index is 0.00428. The molecule has 2 atom stereocenters. The average Bonchev–Trinajstić information content (AvgIpc) is 3.59. The van der Waals surface area contributed by atoms with Gasteiger partial charge in [0, 0.05) is 35.5 Å². The van der Waals surface area contributed by atoms with E-state index in [4.69, 9.17) is 4.74 Å². The molecule has 1 aliphatic rings. The minimum atomic E-state index is -0.826. The Morgan fingerprint density at radius 3 is 1.73 bits per heavy atom. The van der Waals surface area contributed by atoms with Crippen molar-refractivity contribution >= 4 is 10.9 Å². The molecule has 186 valence electrons. The number of aromatic nitrogens is 1.